The van der Waals surface area contributed by atoms with E-state index >= 15 is 0 Å². The maximum Gasteiger partial charge on any atom is 0.247 e. The first-order valence-corrected chi connectivity index (χ1v) is 6.65. The Kier molecular flexibility index (Phi) is 4.04. The Hall–Kier alpha value is -1.95. The van der Waals surface area contributed by atoms with Gasteiger partial charge in [-0.2, -0.15) is 4.68 Å². The van der Waals surface area contributed by atoms with Crippen LogP contribution in [0.15, 0.2) is 24.3 Å². The van der Waals surface area contributed by atoms with Gasteiger partial charge in [0, 0.05) is 6.54 Å². The molecule has 1 aromatic carbocycles. The van der Waals surface area contributed by atoms with Gasteiger partial charge in [0.2, 0.25) is 5.95 Å². The SMILES string of the molecule is Cc1ccc(-n2nnnc2NC[C@H](O)C(C)(C)C)cc1. The third-order valence-corrected chi connectivity index (χ3v) is 3.20. The molecule has 0 aliphatic rings. The molecule has 0 saturated heterocycles. The average molecular weight is 275 g/mol. The van der Waals surface area contributed by atoms with Crippen molar-refractivity contribution in [3.05, 3.63) is 29.8 Å². The van der Waals surface area contributed by atoms with Gasteiger partial charge in [-0.15, -0.1) is 0 Å². The number of tetrazole rings is 1. The topological polar surface area (TPSA) is 75.9 Å². The number of aryl methyl sites for hydroxylation is 1. The molecule has 0 fully saturated rings. The van der Waals surface area contributed by atoms with Gasteiger partial charge in [0.25, 0.3) is 0 Å². The zero-order chi connectivity index (χ0) is 14.8. The van der Waals surface area contributed by atoms with Crippen LogP contribution < -0.4 is 5.32 Å². The molecule has 0 saturated carbocycles. The van der Waals surface area contributed by atoms with Crippen LogP contribution in [-0.4, -0.2) is 38.0 Å². The summed E-state index contributed by atoms with van der Waals surface area (Å²) in [5, 5.41) is 24.7. The summed E-state index contributed by atoms with van der Waals surface area (Å²) in [4.78, 5) is 0. The van der Waals surface area contributed by atoms with E-state index < -0.39 is 6.10 Å². The van der Waals surface area contributed by atoms with E-state index in [1.54, 1.807) is 4.68 Å². The summed E-state index contributed by atoms with van der Waals surface area (Å²) in [6, 6.07) is 7.92. The predicted octanol–water partition coefficient (Wildman–Crippen LogP) is 1.79. The molecule has 0 amide bonds. The van der Waals surface area contributed by atoms with Crippen molar-refractivity contribution < 1.29 is 5.11 Å². The first-order chi connectivity index (χ1) is 9.38. The Balaban J connectivity index is 2.11. The highest BCUT2D eigenvalue weighted by Gasteiger charge is 2.22. The maximum atomic E-state index is 10.0. The number of nitrogens with one attached hydrogen (secondary N) is 1. The summed E-state index contributed by atoms with van der Waals surface area (Å²) < 4.78 is 1.62. The summed E-state index contributed by atoms with van der Waals surface area (Å²) in [7, 11) is 0. The first-order valence-electron chi connectivity index (χ1n) is 6.65. The summed E-state index contributed by atoms with van der Waals surface area (Å²) in [6.45, 7) is 8.39. The fourth-order valence-electron chi connectivity index (χ4n) is 1.65. The lowest BCUT2D eigenvalue weighted by Crippen LogP contribution is -2.33. The monoisotopic (exact) mass is 275 g/mol. The highest BCUT2D eigenvalue weighted by molar-refractivity contribution is 5.39. The van der Waals surface area contributed by atoms with Crippen molar-refractivity contribution in [3.63, 3.8) is 0 Å². The minimum atomic E-state index is -0.481. The number of aliphatic hydroxyl groups is 1. The third kappa shape index (κ3) is 3.33. The fourth-order valence-corrected chi connectivity index (χ4v) is 1.65. The second kappa shape index (κ2) is 5.58. The van der Waals surface area contributed by atoms with Gasteiger partial charge >= 0.3 is 0 Å². The molecule has 6 nitrogen and oxygen atoms in total. The van der Waals surface area contributed by atoms with Crippen LogP contribution in [-0.2, 0) is 0 Å². The number of hydrogen-bond acceptors (Lipinski definition) is 5. The van der Waals surface area contributed by atoms with Gasteiger partial charge in [0.15, 0.2) is 0 Å². The summed E-state index contributed by atoms with van der Waals surface area (Å²) in [6.07, 6.45) is -0.481. The number of aliphatic hydroxyl groups excluding tert-OH is 1. The Morgan fingerprint density at radius 2 is 1.90 bits per heavy atom. The Labute approximate surface area is 118 Å². The Morgan fingerprint density at radius 3 is 2.50 bits per heavy atom. The molecular weight excluding hydrogens is 254 g/mol. The van der Waals surface area contributed by atoms with Gasteiger partial charge in [0.05, 0.1) is 11.8 Å². The summed E-state index contributed by atoms with van der Waals surface area (Å²) in [5.41, 5.74) is 1.88. The smallest absolute Gasteiger partial charge is 0.247 e. The van der Waals surface area contributed by atoms with Crippen LogP contribution in [0, 0.1) is 12.3 Å². The van der Waals surface area contributed by atoms with Crippen molar-refractivity contribution in [1.82, 2.24) is 20.2 Å². The van der Waals surface area contributed by atoms with E-state index in [0.717, 1.165) is 5.69 Å². The van der Waals surface area contributed by atoms with Crippen LogP contribution in [0.25, 0.3) is 5.69 Å². The summed E-state index contributed by atoms with van der Waals surface area (Å²) >= 11 is 0. The average Bonchev–Trinajstić information content (AvgIpc) is 2.84. The van der Waals surface area contributed by atoms with E-state index in [1.807, 2.05) is 52.0 Å². The van der Waals surface area contributed by atoms with E-state index in [9.17, 15) is 5.11 Å². The van der Waals surface area contributed by atoms with Gasteiger partial charge in [-0.25, -0.2) is 0 Å². The zero-order valence-corrected chi connectivity index (χ0v) is 12.3. The molecule has 1 atom stereocenters. The molecule has 0 aliphatic heterocycles. The molecule has 108 valence electrons. The van der Waals surface area contributed by atoms with Gasteiger partial charge < -0.3 is 10.4 Å². The maximum absolute atomic E-state index is 10.0. The lowest BCUT2D eigenvalue weighted by atomic mass is 9.89. The zero-order valence-electron chi connectivity index (χ0n) is 12.3. The third-order valence-electron chi connectivity index (χ3n) is 3.20. The standard InChI is InChI=1S/C14H21N5O/c1-10-5-7-11(8-6-10)19-13(16-17-18-19)15-9-12(20)14(2,3)4/h5-8,12,20H,9H2,1-4H3,(H,15,16,18)/t12-/m0/s1. The van der Waals surface area contributed by atoms with Crippen molar-refractivity contribution >= 4 is 5.95 Å². The van der Waals surface area contributed by atoms with E-state index in [-0.39, 0.29) is 5.41 Å². The van der Waals surface area contributed by atoms with Crippen LogP contribution in [0.4, 0.5) is 5.95 Å². The van der Waals surface area contributed by atoms with Crippen LogP contribution >= 0.6 is 0 Å². The fraction of sp³-hybridized carbons (Fsp3) is 0.500. The Bertz CT molecular complexity index is 556. The molecule has 0 radical (unpaired) electrons. The number of anilines is 1. The van der Waals surface area contributed by atoms with Crippen molar-refractivity contribution in [2.24, 2.45) is 5.41 Å². The molecule has 1 aromatic heterocycles. The minimum absolute atomic E-state index is 0.185. The molecule has 0 bridgehead atoms. The van der Waals surface area contributed by atoms with Crippen LogP contribution in [0.1, 0.15) is 26.3 Å². The van der Waals surface area contributed by atoms with Gasteiger partial charge in [-0.1, -0.05) is 43.6 Å². The molecule has 20 heavy (non-hydrogen) atoms. The number of benzene rings is 1. The minimum Gasteiger partial charge on any atom is -0.391 e. The van der Waals surface area contributed by atoms with Crippen molar-refractivity contribution in [2.75, 3.05) is 11.9 Å². The van der Waals surface area contributed by atoms with Gasteiger partial charge in [-0.3, -0.25) is 0 Å². The van der Waals surface area contributed by atoms with Gasteiger partial charge in [0.1, 0.15) is 0 Å². The molecule has 0 aliphatic carbocycles. The number of hydrogen-bond donors (Lipinski definition) is 2. The first kappa shape index (κ1) is 14.5. The molecule has 0 unspecified atom stereocenters. The highest BCUT2D eigenvalue weighted by Crippen LogP contribution is 2.19. The molecule has 0 spiro atoms. The van der Waals surface area contributed by atoms with E-state index in [4.69, 9.17) is 0 Å². The quantitative estimate of drug-likeness (QED) is 0.889. The predicted molar refractivity (Wildman–Crippen MR) is 77.8 cm³/mol. The van der Waals surface area contributed by atoms with Crippen LogP contribution in [0.2, 0.25) is 0 Å². The number of aromatic nitrogens is 4. The normalized spacial score (nSPS) is 13.2. The lowest BCUT2D eigenvalue weighted by Gasteiger charge is -2.25. The van der Waals surface area contributed by atoms with Crippen LogP contribution in [0.5, 0.6) is 0 Å². The number of nitrogens with zero attached hydrogens (tertiary/aromatic N) is 4. The van der Waals surface area contributed by atoms with E-state index in [2.05, 4.69) is 20.8 Å². The van der Waals surface area contributed by atoms with Crippen LogP contribution in [0.3, 0.4) is 0 Å². The van der Waals surface area contributed by atoms with Crippen molar-refractivity contribution in [2.45, 2.75) is 33.8 Å². The van der Waals surface area contributed by atoms with Crippen molar-refractivity contribution in [1.29, 1.82) is 0 Å². The van der Waals surface area contributed by atoms with Crippen molar-refractivity contribution in [3.8, 4) is 5.69 Å². The van der Waals surface area contributed by atoms with Gasteiger partial charge in [-0.05, 0) is 34.9 Å². The highest BCUT2D eigenvalue weighted by atomic mass is 16.3. The molecular formula is C14H21N5O. The Morgan fingerprint density at radius 1 is 1.25 bits per heavy atom. The summed E-state index contributed by atoms with van der Waals surface area (Å²) in [5.74, 6) is 0.525. The second-order valence-corrected chi connectivity index (χ2v) is 6.01. The largest absolute Gasteiger partial charge is 0.391 e. The second-order valence-electron chi connectivity index (χ2n) is 6.01. The molecule has 2 aromatic rings. The number of rotatable bonds is 4. The van der Waals surface area contributed by atoms with E-state index in [0.29, 0.717) is 12.5 Å². The molecule has 6 heteroatoms. The molecule has 2 rings (SSSR count). The molecule has 2 N–H and O–H groups in total. The lowest BCUT2D eigenvalue weighted by molar-refractivity contribution is 0.0744. The van der Waals surface area contributed by atoms with E-state index in [1.165, 1.54) is 5.56 Å². The molecule has 1 heterocycles.